The molecule has 0 bridgehead atoms. The van der Waals surface area contributed by atoms with Crippen molar-refractivity contribution >= 4 is 40.0 Å². The third kappa shape index (κ3) is 6.01. The molecule has 2 aromatic heterocycles. The largest absolute Gasteiger partial charge is 0.361 e. The molecule has 2 aliphatic rings. The van der Waals surface area contributed by atoms with Gasteiger partial charge in [0.25, 0.3) is 5.91 Å². The summed E-state index contributed by atoms with van der Waals surface area (Å²) in [6.07, 6.45) is 10.1. The van der Waals surface area contributed by atoms with Crippen molar-refractivity contribution < 1.29 is 9.59 Å². The third-order valence-corrected chi connectivity index (χ3v) is 7.77. The monoisotopic (exact) mass is 560 g/mol. The quantitative estimate of drug-likeness (QED) is 0.205. The molecule has 1 atom stereocenters. The number of carbonyl (C=O) groups excluding carboxylic acids is 2. The Bertz CT molecular complexity index is 1660. The Kier molecular flexibility index (Phi) is 7.92. The number of benzene rings is 2. The van der Waals surface area contributed by atoms with Crippen molar-refractivity contribution in [1.82, 2.24) is 24.8 Å². The van der Waals surface area contributed by atoms with Gasteiger partial charge < -0.3 is 20.5 Å². The number of amides is 2. The molecular formula is C32H32N8O2. The molecule has 2 aromatic carbocycles. The molecule has 2 aliphatic heterocycles. The zero-order chi connectivity index (χ0) is 28.9. The zero-order valence-corrected chi connectivity index (χ0v) is 23.2. The Morgan fingerprint density at radius 2 is 1.90 bits per heavy atom. The summed E-state index contributed by atoms with van der Waals surface area (Å²) in [6.45, 7) is 11.7. The number of para-hydroxylation sites is 1. The molecule has 212 valence electrons. The van der Waals surface area contributed by atoms with E-state index in [0.29, 0.717) is 41.7 Å². The predicted octanol–water partition coefficient (Wildman–Crippen LogP) is 5.09. The number of likely N-dealkylation sites (tertiary alicyclic amines) is 2. The van der Waals surface area contributed by atoms with Gasteiger partial charge in [-0.3, -0.25) is 14.5 Å². The number of hydrogen-bond acceptors (Lipinski definition) is 6. The van der Waals surface area contributed by atoms with Crippen LogP contribution in [-0.4, -0.2) is 75.3 Å². The molecule has 0 spiro atoms. The van der Waals surface area contributed by atoms with Gasteiger partial charge in [0.05, 0.1) is 12.3 Å². The van der Waals surface area contributed by atoms with Gasteiger partial charge in [-0.2, -0.15) is 0 Å². The maximum Gasteiger partial charge on any atom is 0.253 e. The van der Waals surface area contributed by atoms with Gasteiger partial charge in [0.1, 0.15) is 0 Å². The molecule has 0 aliphatic carbocycles. The molecule has 2 amide bonds. The molecule has 4 heterocycles. The maximum atomic E-state index is 13.2. The number of aromatic nitrogens is 3. The van der Waals surface area contributed by atoms with Crippen molar-refractivity contribution in [1.29, 1.82) is 0 Å². The lowest BCUT2D eigenvalue weighted by molar-refractivity contribution is -0.111. The average Bonchev–Trinajstić information content (AvgIpc) is 3.79. The van der Waals surface area contributed by atoms with Crippen LogP contribution in [0.15, 0.2) is 73.1 Å². The molecule has 0 saturated carbocycles. The smallest absolute Gasteiger partial charge is 0.253 e. The predicted molar refractivity (Wildman–Crippen MR) is 163 cm³/mol. The van der Waals surface area contributed by atoms with Crippen LogP contribution in [0.25, 0.3) is 27.0 Å². The van der Waals surface area contributed by atoms with Gasteiger partial charge in [0.2, 0.25) is 17.5 Å². The molecule has 6 rings (SSSR count). The zero-order valence-electron chi connectivity index (χ0n) is 23.2. The highest BCUT2D eigenvalue weighted by atomic mass is 16.2. The maximum absolute atomic E-state index is 13.2. The molecule has 3 N–H and O–H groups in total. The van der Waals surface area contributed by atoms with E-state index >= 15 is 0 Å². The Morgan fingerprint density at radius 3 is 2.71 bits per heavy atom. The number of hydrogen-bond donors (Lipinski definition) is 3. The van der Waals surface area contributed by atoms with Gasteiger partial charge >= 0.3 is 0 Å². The molecule has 2 saturated heterocycles. The number of nitrogens with zero attached hydrogens (tertiary/aromatic N) is 5. The van der Waals surface area contributed by atoms with Crippen LogP contribution >= 0.6 is 0 Å². The van der Waals surface area contributed by atoms with Crippen molar-refractivity contribution in [2.45, 2.75) is 25.3 Å². The van der Waals surface area contributed by atoms with Crippen molar-refractivity contribution in [2.24, 2.45) is 0 Å². The first-order chi connectivity index (χ1) is 20.6. The fraction of sp³-hybridized carbons (Fsp3) is 0.281. The van der Waals surface area contributed by atoms with Crippen LogP contribution in [-0.2, 0) is 4.79 Å². The number of H-pyrrole nitrogens is 1. The van der Waals surface area contributed by atoms with Crippen LogP contribution in [0, 0.1) is 6.57 Å². The second kappa shape index (κ2) is 12.2. The highest BCUT2D eigenvalue weighted by molar-refractivity contribution is 6.00. The Hall–Kier alpha value is -5.01. The summed E-state index contributed by atoms with van der Waals surface area (Å²) in [5.74, 6) is 0.184. The topological polar surface area (TPSA) is 111 Å². The van der Waals surface area contributed by atoms with Gasteiger partial charge in [0.15, 0.2) is 0 Å². The molecular weight excluding hydrogens is 528 g/mol. The molecule has 2 fully saturated rings. The van der Waals surface area contributed by atoms with E-state index < -0.39 is 0 Å². The summed E-state index contributed by atoms with van der Waals surface area (Å²) in [7, 11) is 0. The first kappa shape index (κ1) is 27.2. The highest BCUT2D eigenvalue weighted by Gasteiger charge is 2.28. The second-order valence-corrected chi connectivity index (χ2v) is 10.6. The fourth-order valence-corrected chi connectivity index (χ4v) is 5.57. The lowest BCUT2D eigenvalue weighted by Crippen LogP contribution is -2.31. The number of anilines is 2. The minimum atomic E-state index is -0.179. The van der Waals surface area contributed by atoms with Crippen LogP contribution in [0.2, 0.25) is 0 Å². The van der Waals surface area contributed by atoms with Gasteiger partial charge in [-0.25, -0.2) is 14.8 Å². The van der Waals surface area contributed by atoms with Crippen LogP contribution in [0.4, 0.5) is 17.3 Å². The summed E-state index contributed by atoms with van der Waals surface area (Å²) in [5, 5.41) is 7.20. The number of carbonyl (C=O) groups is 2. The fourth-order valence-electron chi connectivity index (χ4n) is 5.57. The van der Waals surface area contributed by atoms with Crippen molar-refractivity contribution in [3.63, 3.8) is 0 Å². The van der Waals surface area contributed by atoms with Gasteiger partial charge in [-0.1, -0.05) is 24.3 Å². The van der Waals surface area contributed by atoms with Crippen molar-refractivity contribution in [3.05, 3.63) is 90.1 Å². The Balaban J connectivity index is 1.05. The Morgan fingerprint density at radius 1 is 1.10 bits per heavy atom. The van der Waals surface area contributed by atoms with Gasteiger partial charge in [0, 0.05) is 71.9 Å². The summed E-state index contributed by atoms with van der Waals surface area (Å²) < 4.78 is 0. The van der Waals surface area contributed by atoms with E-state index in [2.05, 4.69) is 30.3 Å². The number of fused-ring (bicyclic) bond motifs is 1. The second-order valence-electron chi connectivity index (χ2n) is 10.6. The molecule has 10 heteroatoms. The number of aromatic amines is 1. The average molecular weight is 561 g/mol. The van der Waals surface area contributed by atoms with Crippen LogP contribution in [0.3, 0.4) is 0 Å². The number of nitrogens with one attached hydrogen (secondary N) is 3. The van der Waals surface area contributed by atoms with Crippen LogP contribution < -0.4 is 10.6 Å². The standard InChI is InChI=1S/C32H32N8O2/c1-33-28-20-35-32(38-30(28)26-19-34-27-8-3-2-7-25(26)27)37-24-14-18-40(21-24)31(42)22-10-12-23(13-11-22)36-29(41)9-6-17-39-15-4-5-16-39/h2-3,6-13,19-20,24,34H,4-5,14-18,21H2,(H,36,41)(H,35,37,38)/b9-6+/t24-/m1/s1. The summed E-state index contributed by atoms with van der Waals surface area (Å²) >= 11 is 0. The van der Waals surface area contributed by atoms with Crippen molar-refractivity contribution in [2.75, 3.05) is 43.4 Å². The van der Waals surface area contributed by atoms with E-state index in [1.165, 1.54) is 12.8 Å². The molecule has 0 unspecified atom stereocenters. The minimum Gasteiger partial charge on any atom is -0.361 e. The summed E-state index contributed by atoms with van der Waals surface area (Å²) in [6, 6.07) is 14.9. The van der Waals surface area contributed by atoms with Crippen molar-refractivity contribution in [3.8, 4) is 11.3 Å². The summed E-state index contributed by atoms with van der Waals surface area (Å²) in [4.78, 5) is 45.5. The lowest BCUT2D eigenvalue weighted by Gasteiger charge is -2.18. The van der Waals surface area contributed by atoms with Gasteiger partial charge in [-0.15, -0.1) is 0 Å². The van der Waals surface area contributed by atoms with E-state index in [1.807, 2.05) is 36.5 Å². The highest BCUT2D eigenvalue weighted by Crippen LogP contribution is 2.34. The molecule has 4 aromatic rings. The minimum absolute atomic E-state index is 0.0190. The normalized spacial score (nSPS) is 17.1. The van der Waals surface area contributed by atoms with Crippen LogP contribution in [0.5, 0.6) is 0 Å². The van der Waals surface area contributed by atoms with E-state index in [0.717, 1.165) is 42.5 Å². The molecule has 0 radical (unpaired) electrons. The van der Waals surface area contributed by atoms with E-state index in [9.17, 15) is 9.59 Å². The van der Waals surface area contributed by atoms with E-state index in [1.54, 1.807) is 41.4 Å². The SMILES string of the molecule is [C-]#[N+]c1cnc(N[C@@H]2CCN(C(=O)c3ccc(NC(=O)/C=C/CN4CCCC4)cc3)C2)nc1-c1c[nH]c2ccccc12. The van der Waals surface area contributed by atoms with E-state index in [-0.39, 0.29) is 17.9 Å². The molecule has 42 heavy (non-hydrogen) atoms. The van der Waals surface area contributed by atoms with Gasteiger partial charge in [-0.05, 0) is 62.7 Å². The third-order valence-electron chi connectivity index (χ3n) is 7.77. The molecule has 10 nitrogen and oxygen atoms in total. The first-order valence-corrected chi connectivity index (χ1v) is 14.2. The number of rotatable bonds is 8. The van der Waals surface area contributed by atoms with E-state index in [4.69, 9.17) is 11.6 Å². The first-order valence-electron chi connectivity index (χ1n) is 14.2. The van der Waals surface area contributed by atoms with Crippen LogP contribution in [0.1, 0.15) is 29.6 Å². The lowest BCUT2D eigenvalue weighted by atomic mass is 10.1. The summed E-state index contributed by atoms with van der Waals surface area (Å²) in [5.41, 5.74) is 3.99. The Labute approximate surface area is 244 Å².